The van der Waals surface area contributed by atoms with Crippen LogP contribution in [-0.2, 0) is 16.1 Å². The Hall–Kier alpha value is -2.95. The summed E-state index contributed by atoms with van der Waals surface area (Å²) in [5.41, 5.74) is 1.67. The van der Waals surface area contributed by atoms with E-state index in [9.17, 15) is 4.79 Å². The van der Waals surface area contributed by atoms with Crippen molar-refractivity contribution in [1.82, 2.24) is 0 Å². The number of hydrogen-bond acceptors (Lipinski definition) is 5. The summed E-state index contributed by atoms with van der Waals surface area (Å²) >= 11 is 0. The van der Waals surface area contributed by atoms with Crippen LogP contribution in [0, 0.1) is 0 Å². The molecule has 0 unspecified atom stereocenters. The van der Waals surface area contributed by atoms with Crippen LogP contribution in [0.1, 0.15) is 11.1 Å². The van der Waals surface area contributed by atoms with Crippen LogP contribution in [-0.4, -0.2) is 27.3 Å². The van der Waals surface area contributed by atoms with Crippen molar-refractivity contribution in [1.29, 1.82) is 0 Å². The highest BCUT2D eigenvalue weighted by atomic mass is 16.5. The summed E-state index contributed by atoms with van der Waals surface area (Å²) in [6, 6.07) is 13.0. The van der Waals surface area contributed by atoms with Crippen molar-refractivity contribution in [2.24, 2.45) is 0 Å². The molecule has 24 heavy (non-hydrogen) atoms. The van der Waals surface area contributed by atoms with Crippen molar-refractivity contribution in [3.63, 3.8) is 0 Å². The Morgan fingerprint density at radius 3 is 2.12 bits per heavy atom. The van der Waals surface area contributed by atoms with Crippen LogP contribution in [0.25, 0.3) is 6.08 Å². The average Bonchev–Trinajstić information content (AvgIpc) is 2.64. The van der Waals surface area contributed by atoms with Gasteiger partial charge in [-0.3, -0.25) is 0 Å². The molecular weight excluding hydrogens is 308 g/mol. The maximum absolute atomic E-state index is 11.8. The van der Waals surface area contributed by atoms with Crippen LogP contribution in [0.5, 0.6) is 17.2 Å². The Kier molecular flexibility index (Phi) is 6.25. The number of esters is 1. The van der Waals surface area contributed by atoms with Gasteiger partial charge in [0.2, 0.25) is 5.75 Å². The van der Waals surface area contributed by atoms with Gasteiger partial charge < -0.3 is 18.9 Å². The maximum Gasteiger partial charge on any atom is 0.331 e. The first-order valence-corrected chi connectivity index (χ1v) is 7.36. The Morgan fingerprint density at radius 2 is 1.58 bits per heavy atom. The first-order valence-electron chi connectivity index (χ1n) is 7.36. The number of benzene rings is 2. The first kappa shape index (κ1) is 17.4. The molecule has 0 saturated carbocycles. The Balaban J connectivity index is 2.06. The highest BCUT2D eigenvalue weighted by Gasteiger charge is 2.12. The van der Waals surface area contributed by atoms with Crippen LogP contribution < -0.4 is 14.2 Å². The van der Waals surface area contributed by atoms with E-state index in [-0.39, 0.29) is 6.61 Å². The predicted octanol–water partition coefficient (Wildman–Crippen LogP) is 3.47. The van der Waals surface area contributed by atoms with Gasteiger partial charge in [0.15, 0.2) is 11.5 Å². The molecule has 2 aromatic rings. The van der Waals surface area contributed by atoms with Crippen LogP contribution in [0.3, 0.4) is 0 Å². The molecule has 5 nitrogen and oxygen atoms in total. The zero-order chi connectivity index (χ0) is 17.4. The number of rotatable bonds is 7. The zero-order valence-electron chi connectivity index (χ0n) is 13.9. The lowest BCUT2D eigenvalue weighted by Crippen LogP contribution is -2.00. The van der Waals surface area contributed by atoms with E-state index in [4.69, 9.17) is 18.9 Å². The van der Waals surface area contributed by atoms with E-state index in [1.165, 1.54) is 13.2 Å². The lowest BCUT2D eigenvalue weighted by Gasteiger charge is -2.12. The smallest absolute Gasteiger partial charge is 0.331 e. The van der Waals surface area contributed by atoms with Crippen molar-refractivity contribution in [3.05, 3.63) is 59.7 Å². The number of ether oxygens (including phenoxy) is 4. The van der Waals surface area contributed by atoms with Crippen molar-refractivity contribution in [3.8, 4) is 17.2 Å². The molecule has 0 aromatic heterocycles. The summed E-state index contributed by atoms with van der Waals surface area (Å²) in [6.07, 6.45) is 3.00. The summed E-state index contributed by atoms with van der Waals surface area (Å²) in [5, 5.41) is 0. The largest absolute Gasteiger partial charge is 0.493 e. The standard InChI is InChI=1S/C19H20O5/c1-21-16-11-15(12-17(22-2)19(16)23-3)9-10-18(20)24-13-14-7-5-4-6-8-14/h4-12H,13H2,1-3H3/b10-9+. The molecule has 0 N–H and O–H groups in total. The van der Waals surface area contributed by atoms with Gasteiger partial charge in [0.1, 0.15) is 6.61 Å². The zero-order valence-corrected chi connectivity index (χ0v) is 13.9. The van der Waals surface area contributed by atoms with Gasteiger partial charge >= 0.3 is 5.97 Å². The summed E-state index contributed by atoms with van der Waals surface area (Å²) in [7, 11) is 4.62. The van der Waals surface area contributed by atoms with Gasteiger partial charge in [0.05, 0.1) is 21.3 Å². The third-order valence-electron chi connectivity index (χ3n) is 3.32. The lowest BCUT2D eigenvalue weighted by atomic mass is 10.1. The fraction of sp³-hybridized carbons (Fsp3) is 0.211. The van der Waals surface area contributed by atoms with E-state index in [1.807, 2.05) is 30.3 Å². The molecule has 0 aliphatic carbocycles. The number of carbonyl (C=O) groups is 1. The van der Waals surface area contributed by atoms with Crippen LogP contribution >= 0.6 is 0 Å². The van der Waals surface area contributed by atoms with Crippen LogP contribution in [0.4, 0.5) is 0 Å². The molecule has 0 aliphatic heterocycles. The molecule has 0 atom stereocenters. The topological polar surface area (TPSA) is 54.0 Å². The van der Waals surface area contributed by atoms with Crippen molar-refractivity contribution in [2.75, 3.05) is 21.3 Å². The number of methoxy groups -OCH3 is 3. The van der Waals surface area contributed by atoms with E-state index in [0.29, 0.717) is 17.2 Å². The van der Waals surface area contributed by atoms with E-state index in [0.717, 1.165) is 11.1 Å². The third kappa shape index (κ3) is 4.52. The molecular formula is C19H20O5. The van der Waals surface area contributed by atoms with E-state index in [1.54, 1.807) is 32.4 Å². The van der Waals surface area contributed by atoms with E-state index in [2.05, 4.69) is 0 Å². The average molecular weight is 328 g/mol. The van der Waals surface area contributed by atoms with Gasteiger partial charge in [0.25, 0.3) is 0 Å². The molecule has 126 valence electrons. The number of carbonyl (C=O) groups excluding carboxylic acids is 1. The second kappa shape index (κ2) is 8.62. The number of hydrogen-bond donors (Lipinski definition) is 0. The van der Waals surface area contributed by atoms with Crippen LogP contribution in [0.2, 0.25) is 0 Å². The minimum absolute atomic E-state index is 0.235. The molecule has 0 saturated heterocycles. The fourth-order valence-corrected chi connectivity index (χ4v) is 2.14. The van der Waals surface area contributed by atoms with Crippen LogP contribution in [0.15, 0.2) is 48.5 Å². The minimum Gasteiger partial charge on any atom is -0.493 e. The lowest BCUT2D eigenvalue weighted by molar-refractivity contribution is -0.138. The molecule has 0 amide bonds. The second-order valence-corrected chi connectivity index (χ2v) is 4.89. The van der Waals surface area contributed by atoms with Crippen molar-refractivity contribution in [2.45, 2.75) is 6.61 Å². The summed E-state index contributed by atoms with van der Waals surface area (Å²) in [5.74, 6) is 1.12. The quantitative estimate of drug-likeness (QED) is 0.575. The molecule has 2 aromatic carbocycles. The maximum atomic E-state index is 11.8. The van der Waals surface area contributed by atoms with E-state index >= 15 is 0 Å². The molecule has 0 fully saturated rings. The molecule has 0 heterocycles. The van der Waals surface area contributed by atoms with Gasteiger partial charge in [-0.2, -0.15) is 0 Å². The second-order valence-electron chi connectivity index (χ2n) is 4.89. The van der Waals surface area contributed by atoms with Crippen molar-refractivity contribution < 1.29 is 23.7 Å². The summed E-state index contributed by atoms with van der Waals surface area (Å²) in [6.45, 7) is 0.235. The van der Waals surface area contributed by atoms with Gasteiger partial charge in [-0.05, 0) is 29.3 Å². The summed E-state index contributed by atoms with van der Waals surface area (Å²) < 4.78 is 21.0. The molecule has 2 rings (SSSR count). The fourth-order valence-electron chi connectivity index (χ4n) is 2.14. The SMILES string of the molecule is COc1cc(/C=C/C(=O)OCc2ccccc2)cc(OC)c1OC. The Morgan fingerprint density at radius 1 is 0.958 bits per heavy atom. The van der Waals surface area contributed by atoms with Gasteiger partial charge in [-0.25, -0.2) is 4.79 Å². The molecule has 0 bridgehead atoms. The monoisotopic (exact) mass is 328 g/mol. The van der Waals surface area contributed by atoms with Gasteiger partial charge in [-0.1, -0.05) is 30.3 Å². The van der Waals surface area contributed by atoms with Gasteiger partial charge in [0, 0.05) is 6.08 Å². The highest BCUT2D eigenvalue weighted by molar-refractivity contribution is 5.87. The highest BCUT2D eigenvalue weighted by Crippen LogP contribution is 2.38. The molecule has 0 aliphatic rings. The third-order valence-corrected chi connectivity index (χ3v) is 3.32. The first-order chi connectivity index (χ1) is 11.7. The molecule has 0 spiro atoms. The molecule has 5 heteroatoms. The summed E-state index contributed by atoms with van der Waals surface area (Å²) in [4.78, 5) is 11.8. The molecule has 0 radical (unpaired) electrons. The van der Waals surface area contributed by atoms with Gasteiger partial charge in [-0.15, -0.1) is 0 Å². The Bertz CT molecular complexity index is 682. The van der Waals surface area contributed by atoms with Crippen molar-refractivity contribution >= 4 is 12.0 Å². The van der Waals surface area contributed by atoms with E-state index < -0.39 is 5.97 Å². The Labute approximate surface area is 141 Å². The normalized spacial score (nSPS) is 10.5. The predicted molar refractivity (Wildman–Crippen MR) is 91.4 cm³/mol. The minimum atomic E-state index is -0.424.